The Morgan fingerprint density at radius 2 is 2.29 bits per heavy atom. The van der Waals surface area contributed by atoms with Crippen molar-refractivity contribution in [2.75, 3.05) is 13.6 Å². The molecule has 0 fully saturated rings. The van der Waals surface area contributed by atoms with Crippen LogP contribution in [0.1, 0.15) is 17.4 Å². The first-order valence-electron chi connectivity index (χ1n) is 4.69. The number of rotatable bonds is 4. The minimum atomic E-state index is 0.441. The van der Waals surface area contributed by atoms with Gasteiger partial charge in [-0.3, -0.25) is 4.90 Å². The molecule has 1 aromatic heterocycles. The van der Waals surface area contributed by atoms with Gasteiger partial charge in [-0.1, -0.05) is 0 Å². The molecule has 2 nitrogen and oxygen atoms in total. The summed E-state index contributed by atoms with van der Waals surface area (Å²) in [5.74, 6) is 0. The molecule has 1 unspecified atom stereocenters. The molecule has 80 valence electrons. The van der Waals surface area contributed by atoms with E-state index in [1.165, 1.54) is 14.2 Å². The van der Waals surface area contributed by atoms with Crippen molar-refractivity contribution in [3.05, 3.63) is 20.3 Å². The van der Waals surface area contributed by atoms with E-state index in [0.29, 0.717) is 12.6 Å². The first-order chi connectivity index (χ1) is 6.54. The van der Waals surface area contributed by atoms with Gasteiger partial charge in [0, 0.05) is 24.0 Å². The van der Waals surface area contributed by atoms with Crippen LogP contribution in [0.3, 0.4) is 0 Å². The third kappa shape index (κ3) is 3.05. The van der Waals surface area contributed by atoms with Gasteiger partial charge in [0.25, 0.3) is 0 Å². The van der Waals surface area contributed by atoms with E-state index in [0.717, 1.165) is 6.54 Å². The number of likely N-dealkylation sites (N-methyl/N-ethyl adjacent to an activating group) is 1. The van der Waals surface area contributed by atoms with Crippen molar-refractivity contribution in [3.8, 4) is 0 Å². The Bertz CT molecular complexity index is 279. The summed E-state index contributed by atoms with van der Waals surface area (Å²) in [5, 5.41) is 0. The third-order valence-electron chi connectivity index (χ3n) is 2.41. The van der Waals surface area contributed by atoms with Gasteiger partial charge in [0.1, 0.15) is 0 Å². The maximum absolute atomic E-state index is 5.61. The molecule has 0 saturated heterocycles. The van der Waals surface area contributed by atoms with Crippen molar-refractivity contribution >= 4 is 27.3 Å². The van der Waals surface area contributed by atoms with Crippen molar-refractivity contribution in [3.63, 3.8) is 0 Å². The number of thiophene rings is 1. The molecule has 0 radical (unpaired) electrons. The highest BCUT2D eigenvalue weighted by molar-refractivity contribution is 9.11. The van der Waals surface area contributed by atoms with Crippen LogP contribution in [-0.4, -0.2) is 24.5 Å². The van der Waals surface area contributed by atoms with E-state index in [1.54, 1.807) is 11.3 Å². The van der Waals surface area contributed by atoms with Crippen LogP contribution in [0.15, 0.2) is 9.85 Å². The van der Waals surface area contributed by atoms with Crippen molar-refractivity contribution in [1.82, 2.24) is 4.90 Å². The molecule has 0 aliphatic heterocycles. The normalized spacial score (nSPS) is 13.6. The van der Waals surface area contributed by atoms with Crippen LogP contribution in [0.25, 0.3) is 0 Å². The van der Waals surface area contributed by atoms with Gasteiger partial charge < -0.3 is 5.73 Å². The van der Waals surface area contributed by atoms with Gasteiger partial charge in [0.15, 0.2) is 0 Å². The number of nitrogens with zero attached hydrogens (tertiary/aromatic N) is 1. The SMILES string of the molecule is Cc1cc(CN(C)C(C)CN)sc1Br. The van der Waals surface area contributed by atoms with E-state index < -0.39 is 0 Å². The first-order valence-corrected chi connectivity index (χ1v) is 6.30. The fourth-order valence-corrected chi connectivity index (χ4v) is 2.87. The van der Waals surface area contributed by atoms with Gasteiger partial charge in [0.05, 0.1) is 3.79 Å². The van der Waals surface area contributed by atoms with E-state index in [-0.39, 0.29) is 0 Å². The third-order valence-corrected chi connectivity index (χ3v) is 4.53. The Balaban J connectivity index is 2.60. The summed E-state index contributed by atoms with van der Waals surface area (Å²) in [6.45, 7) is 5.96. The summed E-state index contributed by atoms with van der Waals surface area (Å²) >= 11 is 5.34. The molecule has 2 N–H and O–H groups in total. The van der Waals surface area contributed by atoms with Crippen LogP contribution in [0, 0.1) is 6.92 Å². The van der Waals surface area contributed by atoms with E-state index in [1.807, 2.05) is 0 Å². The lowest BCUT2D eigenvalue weighted by atomic mass is 10.3. The van der Waals surface area contributed by atoms with Crippen LogP contribution in [0.4, 0.5) is 0 Å². The van der Waals surface area contributed by atoms with E-state index in [2.05, 4.69) is 47.8 Å². The molecule has 0 spiro atoms. The predicted octanol–water partition coefficient (Wildman–Crippen LogP) is 2.60. The quantitative estimate of drug-likeness (QED) is 0.916. The molecule has 0 saturated carbocycles. The van der Waals surface area contributed by atoms with Gasteiger partial charge in [-0.25, -0.2) is 0 Å². The summed E-state index contributed by atoms with van der Waals surface area (Å²) in [7, 11) is 2.11. The fourth-order valence-electron chi connectivity index (χ4n) is 1.18. The van der Waals surface area contributed by atoms with E-state index in [9.17, 15) is 0 Å². The molecule has 0 aliphatic carbocycles. The Kier molecular flexibility index (Phi) is 4.57. The monoisotopic (exact) mass is 276 g/mol. The summed E-state index contributed by atoms with van der Waals surface area (Å²) in [6.07, 6.45) is 0. The number of halogens is 1. The molecule has 0 amide bonds. The summed E-state index contributed by atoms with van der Waals surface area (Å²) < 4.78 is 1.24. The standard InChI is InChI=1S/C10H17BrN2S/c1-7-4-9(14-10(7)11)6-13(3)8(2)5-12/h4,8H,5-6,12H2,1-3H3. The van der Waals surface area contributed by atoms with Gasteiger partial charge in [-0.05, 0) is 48.5 Å². The molecule has 0 bridgehead atoms. The molecular weight excluding hydrogens is 260 g/mol. The molecule has 1 aromatic rings. The van der Waals surface area contributed by atoms with Gasteiger partial charge in [0.2, 0.25) is 0 Å². The molecule has 1 atom stereocenters. The van der Waals surface area contributed by atoms with Crippen LogP contribution >= 0.6 is 27.3 Å². The average molecular weight is 277 g/mol. The maximum atomic E-state index is 5.61. The molecule has 0 aliphatic rings. The zero-order valence-electron chi connectivity index (χ0n) is 8.88. The topological polar surface area (TPSA) is 29.3 Å². The lowest BCUT2D eigenvalue weighted by Crippen LogP contribution is -2.34. The minimum absolute atomic E-state index is 0.441. The Morgan fingerprint density at radius 3 is 2.71 bits per heavy atom. The second-order valence-electron chi connectivity index (χ2n) is 3.67. The Labute approximate surface area is 98.2 Å². The number of hydrogen-bond donors (Lipinski definition) is 1. The van der Waals surface area contributed by atoms with Crippen molar-refractivity contribution in [2.45, 2.75) is 26.4 Å². The number of hydrogen-bond acceptors (Lipinski definition) is 3. The average Bonchev–Trinajstić information content (AvgIpc) is 2.44. The predicted molar refractivity (Wildman–Crippen MR) is 66.7 cm³/mol. The Morgan fingerprint density at radius 1 is 1.64 bits per heavy atom. The molecular formula is C10H17BrN2S. The van der Waals surface area contributed by atoms with Crippen LogP contribution in [-0.2, 0) is 6.54 Å². The van der Waals surface area contributed by atoms with Crippen LogP contribution < -0.4 is 5.73 Å². The second kappa shape index (κ2) is 5.26. The van der Waals surface area contributed by atoms with E-state index >= 15 is 0 Å². The zero-order chi connectivity index (χ0) is 10.7. The lowest BCUT2D eigenvalue weighted by Gasteiger charge is -2.22. The molecule has 1 rings (SSSR count). The highest BCUT2D eigenvalue weighted by Gasteiger charge is 2.10. The van der Waals surface area contributed by atoms with Crippen LogP contribution in [0.2, 0.25) is 0 Å². The number of nitrogens with two attached hydrogens (primary N) is 1. The Hall–Kier alpha value is 0.100. The minimum Gasteiger partial charge on any atom is -0.329 e. The maximum Gasteiger partial charge on any atom is 0.0730 e. The largest absolute Gasteiger partial charge is 0.329 e. The fraction of sp³-hybridized carbons (Fsp3) is 0.600. The van der Waals surface area contributed by atoms with Gasteiger partial charge >= 0.3 is 0 Å². The van der Waals surface area contributed by atoms with E-state index in [4.69, 9.17) is 5.73 Å². The highest BCUT2D eigenvalue weighted by Crippen LogP contribution is 2.28. The second-order valence-corrected chi connectivity index (χ2v) is 6.12. The van der Waals surface area contributed by atoms with Crippen molar-refractivity contribution in [2.24, 2.45) is 5.73 Å². The zero-order valence-corrected chi connectivity index (χ0v) is 11.3. The lowest BCUT2D eigenvalue weighted by molar-refractivity contribution is 0.257. The molecule has 14 heavy (non-hydrogen) atoms. The van der Waals surface area contributed by atoms with Crippen LogP contribution in [0.5, 0.6) is 0 Å². The molecule has 1 heterocycles. The smallest absolute Gasteiger partial charge is 0.0730 e. The summed E-state index contributed by atoms with van der Waals surface area (Å²) in [4.78, 5) is 3.66. The summed E-state index contributed by atoms with van der Waals surface area (Å²) in [6, 6.07) is 2.67. The van der Waals surface area contributed by atoms with Crippen molar-refractivity contribution in [1.29, 1.82) is 0 Å². The van der Waals surface area contributed by atoms with Crippen molar-refractivity contribution < 1.29 is 0 Å². The number of aryl methyl sites for hydroxylation is 1. The molecule has 4 heteroatoms. The summed E-state index contributed by atoms with van der Waals surface area (Å²) in [5.41, 5.74) is 6.93. The first kappa shape index (κ1) is 12.2. The van der Waals surface area contributed by atoms with Gasteiger partial charge in [-0.2, -0.15) is 0 Å². The highest BCUT2D eigenvalue weighted by atomic mass is 79.9. The molecule has 0 aromatic carbocycles. The van der Waals surface area contributed by atoms with Gasteiger partial charge in [-0.15, -0.1) is 11.3 Å².